The minimum absolute atomic E-state index is 0.00606. The van der Waals surface area contributed by atoms with Crippen LogP contribution in [0.2, 0.25) is 0 Å². The Kier molecular flexibility index (Phi) is 3.01. The van der Waals surface area contributed by atoms with E-state index in [0.29, 0.717) is 13.0 Å². The van der Waals surface area contributed by atoms with Crippen LogP contribution in [0, 0.1) is 0 Å². The summed E-state index contributed by atoms with van der Waals surface area (Å²) in [7, 11) is 0. The van der Waals surface area contributed by atoms with Crippen LogP contribution in [0.5, 0.6) is 0 Å². The number of hydrogen-bond donors (Lipinski definition) is 0. The van der Waals surface area contributed by atoms with E-state index in [0.717, 1.165) is 0 Å². The smallest absolute Gasteiger partial charge is 0.326 e. The second-order valence-corrected chi connectivity index (χ2v) is 5.46. The minimum atomic E-state index is -0.588. The van der Waals surface area contributed by atoms with Crippen molar-refractivity contribution in [2.45, 2.75) is 37.2 Å². The zero-order valence-electron chi connectivity index (χ0n) is 8.12. The van der Waals surface area contributed by atoms with Gasteiger partial charge in [-0.25, -0.2) is 0 Å². The van der Waals surface area contributed by atoms with Crippen LogP contribution in [-0.2, 0) is 14.3 Å². The Hall–Kier alpha value is -0.510. The molecule has 0 spiro atoms. The van der Waals surface area contributed by atoms with Gasteiger partial charge >= 0.3 is 5.97 Å². The molecule has 0 amide bonds. The van der Waals surface area contributed by atoms with Gasteiger partial charge in [0.1, 0.15) is 0 Å². The largest absolute Gasteiger partial charge is 0.465 e. The molecule has 0 N–H and O–H groups in total. The molecule has 0 aliphatic carbocycles. The highest BCUT2D eigenvalue weighted by Gasteiger charge is 2.43. The molecular formula is C9H14O3S. The van der Waals surface area contributed by atoms with E-state index in [1.165, 1.54) is 11.8 Å². The van der Waals surface area contributed by atoms with Gasteiger partial charge in [0, 0.05) is 11.2 Å². The molecule has 0 aromatic rings. The molecule has 0 bridgehead atoms. The molecule has 0 saturated carbocycles. The molecule has 0 aromatic heterocycles. The normalized spacial score (nSPS) is 26.1. The molecule has 1 rings (SSSR count). The van der Waals surface area contributed by atoms with Crippen LogP contribution in [0.15, 0.2) is 0 Å². The Morgan fingerprint density at radius 1 is 1.69 bits per heavy atom. The predicted octanol–water partition coefficient (Wildman–Crippen LogP) is 1.40. The number of Topliss-reactive ketones (excluding diaryl/α,β-unsaturated/α-hetero) is 1. The number of carbonyl (C=O) groups excluding carboxylic acids is 2. The van der Waals surface area contributed by atoms with E-state index < -0.39 is 5.25 Å². The summed E-state index contributed by atoms with van der Waals surface area (Å²) in [6.07, 6.45) is 0.459. The molecule has 74 valence electrons. The van der Waals surface area contributed by atoms with Gasteiger partial charge in [-0.1, -0.05) is 13.8 Å². The lowest BCUT2D eigenvalue weighted by atomic mass is 10.1. The number of ether oxygens (including phenoxy) is 1. The maximum Gasteiger partial charge on any atom is 0.326 e. The molecule has 1 aliphatic heterocycles. The highest BCUT2D eigenvalue weighted by atomic mass is 32.2. The van der Waals surface area contributed by atoms with Gasteiger partial charge in [0.2, 0.25) is 0 Å². The van der Waals surface area contributed by atoms with E-state index in [1.807, 2.05) is 13.8 Å². The van der Waals surface area contributed by atoms with Crippen LogP contribution in [-0.4, -0.2) is 28.4 Å². The average molecular weight is 202 g/mol. The molecule has 1 atom stereocenters. The molecule has 0 radical (unpaired) electrons. The third kappa shape index (κ3) is 2.46. The van der Waals surface area contributed by atoms with Crippen molar-refractivity contribution in [2.75, 3.05) is 6.61 Å². The van der Waals surface area contributed by atoms with Crippen molar-refractivity contribution in [1.82, 2.24) is 0 Å². The number of ketones is 1. The van der Waals surface area contributed by atoms with Crippen molar-refractivity contribution in [3.8, 4) is 0 Å². The van der Waals surface area contributed by atoms with Crippen LogP contribution in [0.3, 0.4) is 0 Å². The Bertz CT molecular complexity index is 235. The van der Waals surface area contributed by atoms with Gasteiger partial charge in [0.25, 0.3) is 0 Å². The summed E-state index contributed by atoms with van der Waals surface area (Å²) >= 11 is 1.40. The van der Waals surface area contributed by atoms with Gasteiger partial charge in [0.15, 0.2) is 11.0 Å². The van der Waals surface area contributed by atoms with E-state index in [1.54, 1.807) is 6.92 Å². The van der Waals surface area contributed by atoms with Crippen molar-refractivity contribution in [3.05, 3.63) is 0 Å². The summed E-state index contributed by atoms with van der Waals surface area (Å²) in [6.45, 7) is 6.01. The monoisotopic (exact) mass is 202 g/mol. The molecule has 1 saturated heterocycles. The third-order valence-corrected chi connectivity index (χ3v) is 3.30. The summed E-state index contributed by atoms with van der Waals surface area (Å²) in [5.41, 5.74) is 0. The van der Waals surface area contributed by atoms with E-state index in [4.69, 9.17) is 4.74 Å². The Morgan fingerprint density at radius 3 is 2.69 bits per heavy atom. The lowest BCUT2D eigenvalue weighted by Gasteiger charge is -2.14. The summed E-state index contributed by atoms with van der Waals surface area (Å²) in [6, 6.07) is 0. The quantitative estimate of drug-likeness (QED) is 0.501. The minimum Gasteiger partial charge on any atom is -0.465 e. The van der Waals surface area contributed by atoms with Gasteiger partial charge in [-0.05, 0) is 6.92 Å². The highest BCUT2D eigenvalue weighted by molar-refractivity contribution is 8.03. The number of esters is 1. The first-order valence-corrected chi connectivity index (χ1v) is 5.21. The topological polar surface area (TPSA) is 43.4 Å². The lowest BCUT2D eigenvalue weighted by molar-refractivity contribution is -0.144. The van der Waals surface area contributed by atoms with Crippen LogP contribution < -0.4 is 0 Å². The molecule has 4 heteroatoms. The Balaban J connectivity index is 2.63. The van der Waals surface area contributed by atoms with E-state index >= 15 is 0 Å². The standard InChI is InChI=1S/C9H14O3S/c1-4-12-8(11)7-6(10)5-9(2,3)13-7/h7H,4-5H2,1-3H3. The second-order valence-electron chi connectivity index (χ2n) is 3.65. The number of rotatable bonds is 2. The molecule has 13 heavy (non-hydrogen) atoms. The third-order valence-electron chi connectivity index (χ3n) is 1.83. The first kappa shape index (κ1) is 10.6. The molecule has 1 aliphatic rings. The van der Waals surface area contributed by atoms with Crippen molar-refractivity contribution in [2.24, 2.45) is 0 Å². The van der Waals surface area contributed by atoms with Crippen LogP contribution >= 0.6 is 11.8 Å². The second kappa shape index (κ2) is 3.70. The first-order valence-electron chi connectivity index (χ1n) is 4.33. The fourth-order valence-corrected chi connectivity index (χ4v) is 2.58. The number of hydrogen-bond acceptors (Lipinski definition) is 4. The SMILES string of the molecule is CCOC(=O)C1SC(C)(C)CC1=O. The van der Waals surface area contributed by atoms with Gasteiger partial charge in [-0.15, -0.1) is 11.8 Å². The van der Waals surface area contributed by atoms with Gasteiger partial charge in [-0.3, -0.25) is 9.59 Å². The van der Waals surface area contributed by atoms with Crippen LogP contribution in [0.4, 0.5) is 0 Å². The summed E-state index contributed by atoms with van der Waals surface area (Å²) in [4.78, 5) is 22.7. The lowest BCUT2D eigenvalue weighted by Crippen LogP contribution is -2.24. The van der Waals surface area contributed by atoms with Gasteiger partial charge < -0.3 is 4.74 Å². The van der Waals surface area contributed by atoms with Gasteiger partial charge in [-0.2, -0.15) is 0 Å². The maximum atomic E-state index is 11.4. The van der Waals surface area contributed by atoms with E-state index in [2.05, 4.69) is 0 Å². The molecular weight excluding hydrogens is 188 g/mol. The number of thioether (sulfide) groups is 1. The van der Waals surface area contributed by atoms with Crippen molar-refractivity contribution in [1.29, 1.82) is 0 Å². The van der Waals surface area contributed by atoms with Crippen molar-refractivity contribution in [3.63, 3.8) is 0 Å². The Morgan fingerprint density at radius 2 is 2.31 bits per heavy atom. The number of carbonyl (C=O) groups is 2. The molecule has 1 fully saturated rings. The van der Waals surface area contributed by atoms with Crippen LogP contribution in [0.25, 0.3) is 0 Å². The van der Waals surface area contributed by atoms with Gasteiger partial charge in [0.05, 0.1) is 6.61 Å². The Labute approximate surface area is 82.2 Å². The first-order chi connectivity index (χ1) is 5.96. The molecule has 1 unspecified atom stereocenters. The predicted molar refractivity (Wildman–Crippen MR) is 51.7 cm³/mol. The summed E-state index contributed by atoms with van der Waals surface area (Å²) in [5, 5.41) is -0.588. The van der Waals surface area contributed by atoms with Crippen molar-refractivity contribution < 1.29 is 14.3 Å². The molecule has 0 aromatic carbocycles. The van der Waals surface area contributed by atoms with Crippen molar-refractivity contribution >= 4 is 23.5 Å². The summed E-state index contributed by atoms with van der Waals surface area (Å²) < 4.78 is 4.69. The molecule has 3 nitrogen and oxygen atoms in total. The van der Waals surface area contributed by atoms with E-state index in [-0.39, 0.29) is 16.5 Å². The maximum absolute atomic E-state index is 11.4. The fourth-order valence-electron chi connectivity index (χ4n) is 1.34. The zero-order chi connectivity index (χ0) is 10.1. The van der Waals surface area contributed by atoms with Crippen LogP contribution in [0.1, 0.15) is 27.2 Å². The molecule has 1 heterocycles. The zero-order valence-corrected chi connectivity index (χ0v) is 8.94. The highest BCUT2D eigenvalue weighted by Crippen LogP contribution is 2.40. The average Bonchev–Trinajstić information content (AvgIpc) is 2.25. The fraction of sp³-hybridized carbons (Fsp3) is 0.778. The summed E-state index contributed by atoms with van der Waals surface area (Å²) in [5.74, 6) is -0.392. The van der Waals surface area contributed by atoms with E-state index in [9.17, 15) is 9.59 Å².